The van der Waals surface area contributed by atoms with Crippen LogP contribution in [0.3, 0.4) is 0 Å². The predicted molar refractivity (Wildman–Crippen MR) is 28.4 cm³/mol. The SMILES string of the molecule is CC(O)C(C)N=[N+]=N. The predicted octanol–water partition coefficient (Wildman–Crippen LogP) is 0.306. The number of nitrogens with one attached hydrogen (secondary N) is 1. The Balaban J connectivity index is 3.63. The zero-order chi connectivity index (χ0) is 6.57. The molecule has 2 unspecified atom stereocenters. The third-order valence-electron chi connectivity index (χ3n) is 0.938. The Hall–Kier alpha value is -0.730. The van der Waals surface area contributed by atoms with Crippen LogP contribution in [0.15, 0.2) is 5.11 Å². The first-order chi connectivity index (χ1) is 3.68. The van der Waals surface area contributed by atoms with Gasteiger partial charge in [0.1, 0.15) is 10.6 Å². The first-order valence-corrected chi connectivity index (χ1v) is 2.43. The number of aliphatic hydroxyl groups excluding tert-OH is 1. The van der Waals surface area contributed by atoms with Crippen LogP contribution in [0.1, 0.15) is 13.8 Å². The summed E-state index contributed by atoms with van der Waals surface area (Å²) < 4.78 is 0. The van der Waals surface area contributed by atoms with Gasteiger partial charge < -0.3 is 5.11 Å². The second kappa shape index (κ2) is 3.29. The molecule has 0 spiro atoms. The normalized spacial score (nSPS) is 16.4. The summed E-state index contributed by atoms with van der Waals surface area (Å²) in [5.41, 5.74) is 6.27. The fourth-order valence-electron chi connectivity index (χ4n) is 0.188. The molecule has 4 heteroatoms. The Kier molecular flexibility index (Phi) is 2.99. The summed E-state index contributed by atoms with van der Waals surface area (Å²) >= 11 is 0. The van der Waals surface area contributed by atoms with Crippen LogP contribution >= 0.6 is 0 Å². The van der Waals surface area contributed by atoms with Gasteiger partial charge in [-0.15, -0.1) is 0 Å². The molecule has 0 saturated carbocycles. The van der Waals surface area contributed by atoms with Gasteiger partial charge in [0.2, 0.25) is 4.91 Å². The molecular weight excluding hydrogens is 106 g/mol. The van der Waals surface area contributed by atoms with Crippen LogP contribution in [0.25, 0.3) is 0 Å². The Labute approximate surface area is 47.8 Å². The minimum Gasteiger partial charge on any atom is -0.391 e. The van der Waals surface area contributed by atoms with E-state index in [-0.39, 0.29) is 6.04 Å². The highest BCUT2D eigenvalue weighted by Gasteiger charge is 2.10. The molecular formula is C4H10N3O+. The maximum Gasteiger partial charge on any atom is 0.214 e. The van der Waals surface area contributed by atoms with Crippen LogP contribution in [0.4, 0.5) is 0 Å². The molecule has 46 valence electrons. The van der Waals surface area contributed by atoms with E-state index < -0.39 is 6.10 Å². The molecule has 0 aromatic heterocycles. The van der Waals surface area contributed by atoms with Crippen LogP contribution in [0, 0.1) is 5.53 Å². The molecule has 0 aliphatic rings. The van der Waals surface area contributed by atoms with E-state index in [0.29, 0.717) is 0 Å². The molecule has 0 aromatic carbocycles. The van der Waals surface area contributed by atoms with E-state index in [0.717, 1.165) is 0 Å². The zero-order valence-corrected chi connectivity index (χ0v) is 5.00. The summed E-state index contributed by atoms with van der Waals surface area (Å²) in [4.78, 5) is 2.77. The zero-order valence-electron chi connectivity index (χ0n) is 5.00. The first kappa shape index (κ1) is 7.27. The third-order valence-corrected chi connectivity index (χ3v) is 0.938. The second-order valence-corrected chi connectivity index (χ2v) is 1.70. The van der Waals surface area contributed by atoms with E-state index in [1.165, 1.54) is 0 Å². The number of rotatable bonds is 2. The van der Waals surface area contributed by atoms with Gasteiger partial charge in [-0.05, 0) is 13.8 Å². The van der Waals surface area contributed by atoms with Crippen LogP contribution < -0.4 is 4.91 Å². The Morgan fingerprint density at radius 3 is 2.25 bits per heavy atom. The van der Waals surface area contributed by atoms with Gasteiger partial charge in [-0.1, -0.05) is 0 Å². The summed E-state index contributed by atoms with van der Waals surface area (Å²) in [6.07, 6.45) is -0.510. The maximum absolute atomic E-state index is 8.71. The molecule has 8 heavy (non-hydrogen) atoms. The third kappa shape index (κ3) is 2.44. The van der Waals surface area contributed by atoms with Crippen molar-refractivity contribution >= 4 is 0 Å². The monoisotopic (exact) mass is 116 g/mol. The van der Waals surface area contributed by atoms with Gasteiger partial charge in [-0.3, -0.25) is 0 Å². The van der Waals surface area contributed by atoms with Crippen LogP contribution in [-0.2, 0) is 0 Å². The molecule has 4 nitrogen and oxygen atoms in total. The van der Waals surface area contributed by atoms with Crippen molar-refractivity contribution in [1.82, 2.24) is 4.91 Å². The Morgan fingerprint density at radius 2 is 2.12 bits per heavy atom. The summed E-state index contributed by atoms with van der Waals surface area (Å²) in [6, 6.07) is -0.257. The minimum atomic E-state index is -0.510. The topological polar surface area (TPSA) is 70.5 Å². The average molecular weight is 116 g/mol. The molecule has 0 fully saturated rings. The average Bonchev–Trinajstić information content (AvgIpc) is 1.67. The smallest absolute Gasteiger partial charge is 0.214 e. The van der Waals surface area contributed by atoms with Crippen molar-refractivity contribution in [1.29, 1.82) is 5.53 Å². The highest BCUT2D eigenvalue weighted by molar-refractivity contribution is 4.61. The summed E-state index contributed by atoms with van der Waals surface area (Å²) in [5.74, 6) is 0. The minimum absolute atomic E-state index is 0.257. The Bertz CT molecular complexity index is 106. The Morgan fingerprint density at radius 1 is 1.62 bits per heavy atom. The molecule has 0 radical (unpaired) electrons. The lowest BCUT2D eigenvalue weighted by Gasteiger charge is -1.98. The van der Waals surface area contributed by atoms with Crippen molar-refractivity contribution in [3.63, 3.8) is 0 Å². The highest BCUT2D eigenvalue weighted by Crippen LogP contribution is 1.92. The van der Waals surface area contributed by atoms with Crippen LogP contribution in [0.2, 0.25) is 0 Å². The molecule has 2 atom stereocenters. The van der Waals surface area contributed by atoms with E-state index in [2.05, 4.69) is 10.0 Å². The molecule has 0 amide bonds. The first-order valence-electron chi connectivity index (χ1n) is 2.43. The summed E-state index contributed by atoms with van der Waals surface area (Å²) in [5, 5.41) is 12.1. The lowest BCUT2D eigenvalue weighted by Crippen LogP contribution is -2.16. The maximum atomic E-state index is 8.71. The van der Waals surface area contributed by atoms with Gasteiger partial charge in [0.25, 0.3) is 0 Å². The number of aliphatic hydroxyl groups is 1. The lowest BCUT2D eigenvalue weighted by atomic mass is 10.2. The molecule has 0 bridgehead atoms. The van der Waals surface area contributed by atoms with Crippen molar-refractivity contribution in [2.24, 2.45) is 5.11 Å². The molecule has 0 rings (SSSR count). The lowest BCUT2D eigenvalue weighted by molar-refractivity contribution is 0.167. The fourth-order valence-corrected chi connectivity index (χ4v) is 0.188. The van der Waals surface area contributed by atoms with E-state index >= 15 is 0 Å². The molecule has 0 saturated heterocycles. The number of hydrogen-bond acceptors (Lipinski definition) is 3. The van der Waals surface area contributed by atoms with Gasteiger partial charge in [0.05, 0.1) is 6.10 Å². The quantitative estimate of drug-likeness (QED) is 0.395. The summed E-state index contributed by atoms with van der Waals surface area (Å²) in [7, 11) is 0. The largest absolute Gasteiger partial charge is 0.391 e. The van der Waals surface area contributed by atoms with Crippen LogP contribution in [-0.4, -0.2) is 17.3 Å². The second-order valence-electron chi connectivity index (χ2n) is 1.70. The highest BCUT2D eigenvalue weighted by atomic mass is 16.3. The van der Waals surface area contributed by atoms with Crippen molar-refractivity contribution in [3.8, 4) is 0 Å². The van der Waals surface area contributed by atoms with Gasteiger partial charge >= 0.3 is 0 Å². The molecule has 0 aromatic rings. The van der Waals surface area contributed by atoms with Gasteiger partial charge in [-0.25, -0.2) is 0 Å². The van der Waals surface area contributed by atoms with Gasteiger partial charge in [0.15, 0.2) is 6.04 Å². The molecule has 0 aliphatic carbocycles. The van der Waals surface area contributed by atoms with Gasteiger partial charge in [0, 0.05) is 0 Å². The van der Waals surface area contributed by atoms with Crippen molar-refractivity contribution in [3.05, 3.63) is 0 Å². The van der Waals surface area contributed by atoms with Crippen LogP contribution in [0.5, 0.6) is 0 Å². The number of nitrogens with zero attached hydrogens (tertiary/aromatic N) is 2. The van der Waals surface area contributed by atoms with E-state index in [1.807, 2.05) is 0 Å². The summed E-state index contributed by atoms with van der Waals surface area (Å²) in [6.45, 7) is 3.31. The number of hydrogen-bond donors (Lipinski definition) is 2. The van der Waals surface area contributed by atoms with E-state index in [1.54, 1.807) is 13.8 Å². The fraction of sp³-hybridized carbons (Fsp3) is 1.00. The van der Waals surface area contributed by atoms with Crippen molar-refractivity contribution in [2.45, 2.75) is 26.0 Å². The van der Waals surface area contributed by atoms with Gasteiger partial charge in [-0.2, -0.15) is 0 Å². The van der Waals surface area contributed by atoms with E-state index in [4.69, 9.17) is 10.6 Å². The van der Waals surface area contributed by atoms with Crippen molar-refractivity contribution < 1.29 is 5.11 Å². The molecule has 0 aliphatic heterocycles. The van der Waals surface area contributed by atoms with E-state index in [9.17, 15) is 0 Å². The standard InChI is InChI=1S/C4H10N3O/c1-3(4(2)8)6-7-5/h3-5,8H,1-2H3/q+1. The molecule has 2 N–H and O–H groups in total. The van der Waals surface area contributed by atoms with Crippen molar-refractivity contribution in [2.75, 3.05) is 0 Å². The molecule has 0 heterocycles.